The summed E-state index contributed by atoms with van der Waals surface area (Å²) in [4.78, 5) is 22.4. The SMILES string of the molecule is CC1=NN(c2ccc(S(=O)(=O)O)cc2)C(=O)C1N=Nc1cc([N+](=O)[O-])ccc1O. The number of carbonyl (C=O) groups is 1. The van der Waals surface area contributed by atoms with Gasteiger partial charge in [0.1, 0.15) is 11.4 Å². The molecule has 0 bridgehead atoms. The molecule has 0 aromatic heterocycles. The summed E-state index contributed by atoms with van der Waals surface area (Å²) in [6.07, 6.45) is 0. The number of aromatic hydroxyl groups is 1. The summed E-state index contributed by atoms with van der Waals surface area (Å²) in [6, 6.07) is 6.85. The number of hydrazone groups is 1. The zero-order chi connectivity index (χ0) is 21.3. The normalized spacial score (nSPS) is 17.0. The Kier molecular flexibility index (Phi) is 5.09. The minimum absolute atomic E-state index is 0.184. The molecule has 1 amide bonds. The molecular formula is C16H13N5O7S. The molecule has 0 saturated heterocycles. The third kappa shape index (κ3) is 4.09. The maximum absolute atomic E-state index is 12.6. The molecule has 2 aromatic carbocycles. The Bertz CT molecular complexity index is 1160. The number of hydrogen-bond donors (Lipinski definition) is 2. The topological polar surface area (TPSA) is 175 Å². The van der Waals surface area contributed by atoms with Crippen LogP contribution in [0.25, 0.3) is 0 Å². The van der Waals surface area contributed by atoms with Crippen LogP contribution in [0.15, 0.2) is 62.7 Å². The number of hydrogen-bond acceptors (Lipinski definition) is 9. The van der Waals surface area contributed by atoms with E-state index in [0.29, 0.717) is 0 Å². The Hall–Kier alpha value is -3.71. The second-order valence-electron chi connectivity index (χ2n) is 5.91. The van der Waals surface area contributed by atoms with Crippen LogP contribution in [0.2, 0.25) is 0 Å². The van der Waals surface area contributed by atoms with Crippen molar-refractivity contribution in [1.82, 2.24) is 0 Å². The Morgan fingerprint density at radius 1 is 1.21 bits per heavy atom. The van der Waals surface area contributed by atoms with Crippen molar-refractivity contribution in [2.75, 3.05) is 5.01 Å². The minimum atomic E-state index is -4.38. The first-order valence-electron chi connectivity index (χ1n) is 7.93. The molecule has 0 aliphatic carbocycles. The molecule has 3 rings (SSSR count). The van der Waals surface area contributed by atoms with Crippen LogP contribution in [0, 0.1) is 10.1 Å². The number of azo groups is 1. The van der Waals surface area contributed by atoms with Crippen LogP contribution in [-0.4, -0.2) is 40.7 Å². The summed E-state index contributed by atoms with van der Waals surface area (Å²) in [7, 11) is -4.38. The molecule has 1 atom stereocenters. The number of nitro benzene ring substituents is 1. The van der Waals surface area contributed by atoms with E-state index in [1.807, 2.05) is 0 Å². The van der Waals surface area contributed by atoms with Gasteiger partial charge in [-0.2, -0.15) is 28.8 Å². The second-order valence-corrected chi connectivity index (χ2v) is 7.33. The van der Waals surface area contributed by atoms with Crippen molar-refractivity contribution in [2.45, 2.75) is 17.9 Å². The van der Waals surface area contributed by atoms with Crippen LogP contribution in [-0.2, 0) is 14.9 Å². The van der Waals surface area contributed by atoms with Crippen LogP contribution in [0.1, 0.15) is 6.92 Å². The van der Waals surface area contributed by atoms with Crippen molar-refractivity contribution >= 4 is 38.8 Å². The monoisotopic (exact) mass is 419 g/mol. The average molecular weight is 419 g/mol. The molecular weight excluding hydrogens is 406 g/mol. The largest absolute Gasteiger partial charge is 0.506 e. The molecule has 2 aromatic rings. The van der Waals surface area contributed by atoms with Gasteiger partial charge in [-0.1, -0.05) is 0 Å². The van der Waals surface area contributed by atoms with E-state index in [4.69, 9.17) is 4.55 Å². The van der Waals surface area contributed by atoms with Crippen molar-refractivity contribution in [1.29, 1.82) is 0 Å². The van der Waals surface area contributed by atoms with Gasteiger partial charge in [-0.05, 0) is 37.3 Å². The van der Waals surface area contributed by atoms with Gasteiger partial charge in [0, 0.05) is 12.1 Å². The Morgan fingerprint density at radius 2 is 1.86 bits per heavy atom. The molecule has 0 fully saturated rings. The van der Waals surface area contributed by atoms with Crippen LogP contribution < -0.4 is 5.01 Å². The van der Waals surface area contributed by atoms with E-state index in [9.17, 15) is 28.4 Å². The molecule has 12 nitrogen and oxygen atoms in total. The molecule has 13 heteroatoms. The lowest BCUT2D eigenvalue weighted by Crippen LogP contribution is -2.29. The second kappa shape index (κ2) is 7.37. The van der Waals surface area contributed by atoms with Crippen LogP contribution in [0.3, 0.4) is 0 Å². The van der Waals surface area contributed by atoms with Crippen molar-refractivity contribution in [3.8, 4) is 5.75 Å². The molecule has 1 aliphatic rings. The molecule has 29 heavy (non-hydrogen) atoms. The van der Waals surface area contributed by atoms with Gasteiger partial charge in [0.25, 0.3) is 21.7 Å². The smallest absolute Gasteiger partial charge is 0.294 e. The fourth-order valence-electron chi connectivity index (χ4n) is 2.46. The highest BCUT2D eigenvalue weighted by Crippen LogP contribution is 2.31. The van der Waals surface area contributed by atoms with Gasteiger partial charge in [-0.3, -0.25) is 19.5 Å². The van der Waals surface area contributed by atoms with Gasteiger partial charge in [-0.15, -0.1) is 0 Å². The summed E-state index contributed by atoms with van der Waals surface area (Å²) in [6.45, 7) is 1.52. The summed E-state index contributed by atoms with van der Waals surface area (Å²) < 4.78 is 31.2. The predicted molar refractivity (Wildman–Crippen MR) is 99.9 cm³/mol. The van der Waals surface area contributed by atoms with E-state index in [1.54, 1.807) is 0 Å². The van der Waals surface area contributed by atoms with Crippen molar-refractivity contribution < 1.29 is 27.8 Å². The van der Waals surface area contributed by atoms with Crippen molar-refractivity contribution in [2.24, 2.45) is 15.3 Å². The van der Waals surface area contributed by atoms with Gasteiger partial charge in [0.15, 0.2) is 6.04 Å². The summed E-state index contributed by atoms with van der Waals surface area (Å²) in [5.74, 6) is -0.951. The van der Waals surface area contributed by atoms with E-state index < -0.39 is 27.0 Å². The highest BCUT2D eigenvalue weighted by atomic mass is 32.2. The Morgan fingerprint density at radius 3 is 2.45 bits per heavy atom. The van der Waals surface area contributed by atoms with E-state index in [-0.39, 0.29) is 33.4 Å². The lowest BCUT2D eigenvalue weighted by Gasteiger charge is -2.12. The van der Waals surface area contributed by atoms with Crippen LogP contribution >= 0.6 is 0 Å². The zero-order valence-corrected chi connectivity index (χ0v) is 15.5. The van der Waals surface area contributed by atoms with E-state index in [2.05, 4.69) is 15.3 Å². The maximum Gasteiger partial charge on any atom is 0.294 e. The molecule has 0 spiro atoms. The number of nitro groups is 1. The molecule has 0 saturated carbocycles. The van der Waals surface area contributed by atoms with E-state index in [0.717, 1.165) is 35.3 Å². The highest BCUT2D eigenvalue weighted by molar-refractivity contribution is 7.85. The number of anilines is 1. The van der Waals surface area contributed by atoms with E-state index in [1.165, 1.54) is 19.1 Å². The predicted octanol–water partition coefficient (Wildman–Crippen LogP) is 2.42. The minimum Gasteiger partial charge on any atom is -0.506 e. The number of phenols is 1. The summed E-state index contributed by atoms with van der Waals surface area (Å²) in [5, 5.41) is 33.2. The molecule has 1 unspecified atom stereocenters. The number of carbonyl (C=O) groups excluding carboxylic acids is 1. The lowest BCUT2D eigenvalue weighted by molar-refractivity contribution is -0.384. The third-order valence-electron chi connectivity index (χ3n) is 3.93. The molecule has 2 N–H and O–H groups in total. The molecule has 1 aliphatic heterocycles. The zero-order valence-electron chi connectivity index (χ0n) is 14.7. The number of phenolic OH excluding ortho intramolecular Hbond substituents is 1. The van der Waals surface area contributed by atoms with Crippen LogP contribution in [0.5, 0.6) is 5.75 Å². The average Bonchev–Trinajstić information content (AvgIpc) is 2.94. The van der Waals surface area contributed by atoms with Gasteiger partial charge >= 0.3 is 0 Å². The van der Waals surface area contributed by atoms with Gasteiger partial charge in [0.2, 0.25) is 0 Å². The standard InChI is InChI=1S/C16H13N5O7S/c1-9-15(18-17-13-8-11(21(24)25)4-7-14(13)22)16(23)20(19-9)10-2-5-12(6-3-10)29(26,27)28/h2-8,15,22H,1H3,(H,26,27,28). The maximum atomic E-state index is 12.6. The molecule has 1 heterocycles. The molecule has 0 radical (unpaired) electrons. The Labute approximate surface area is 163 Å². The molecule has 150 valence electrons. The fourth-order valence-corrected chi connectivity index (χ4v) is 2.94. The fraction of sp³-hybridized carbons (Fsp3) is 0.125. The number of amides is 1. The van der Waals surface area contributed by atoms with E-state index >= 15 is 0 Å². The number of non-ortho nitro benzene ring substituents is 1. The van der Waals surface area contributed by atoms with Crippen molar-refractivity contribution in [3.05, 3.63) is 52.6 Å². The first-order valence-corrected chi connectivity index (χ1v) is 9.37. The van der Waals surface area contributed by atoms with Gasteiger partial charge in [0.05, 0.1) is 21.2 Å². The first kappa shape index (κ1) is 20.0. The van der Waals surface area contributed by atoms with Crippen molar-refractivity contribution in [3.63, 3.8) is 0 Å². The third-order valence-corrected chi connectivity index (χ3v) is 4.79. The van der Waals surface area contributed by atoms with Gasteiger partial charge in [-0.25, -0.2) is 0 Å². The highest BCUT2D eigenvalue weighted by Gasteiger charge is 2.35. The van der Waals surface area contributed by atoms with Gasteiger partial charge < -0.3 is 5.11 Å². The number of benzene rings is 2. The number of nitrogens with zero attached hydrogens (tertiary/aromatic N) is 5. The lowest BCUT2D eigenvalue weighted by atomic mass is 10.2. The Balaban J connectivity index is 1.84. The first-order chi connectivity index (χ1) is 13.6. The summed E-state index contributed by atoms with van der Waals surface area (Å²) in [5.41, 5.74) is 0.0105. The summed E-state index contributed by atoms with van der Waals surface area (Å²) >= 11 is 0. The van der Waals surface area contributed by atoms with Crippen LogP contribution in [0.4, 0.5) is 17.1 Å². The quantitative estimate of drug-likeness (QED) is 0.323. The number of rotatable bonds is 5.